The van der Waals surface area contributed by atoms with Crippen molar-refractivity contribution in [3.05, 3.63) is 64.0 Å². The standard InChI is InChI=1S/C19H23N5O3/c1-13(16-6-2-3-9-21-16)22-17-8-7-14(11-18(17)24(26)27)19(25)23-10-4-5-15(23)12-20/h2-3,6-9,11,13,15,22H,4-5,10,12,20H2,1H3. The fourth-order valence-electron chi connectivity index (χ4n) is 3.39. The predicted octanol–water partition coefficient (Wildman–Crippen LogP) is 2.73. The van der Waals surface area contributed by atoms with Crippen molar-refractivity contribution in [3.8, 4) is 0 Å². The predicted molar refractivity (Wildman–Crippen MR) is 102 cm³/mol. The van der Waals surface area contributed by atoms with E-state index in [4.69, 9.17) is 5.73 Å². The van der Waals surface area contributed by atoms with E-state index < -0.39 is 4.92 Å². The van der Waals surface area contributed by atoms with Gasteiger partial charge in [-0.15, -0.1) is 0 Å². The van der Waals surface area contributed by atoms with Crippen LogP contribution in [-0.4, -0.2) is 39.8 Å². The Balaban J connectivity index is 1.85. The molecule has 1 fully saturated rings. The van der Waals surface area contributed by atoms with Crippen molar-refractivity contribution in [2.45, 2.75) is 31.8 Å². The van der Waals surface area contributed by atoms with E-state index in [0.29, 0.717) is 24.3 Å². The maximum atomic E-state index is 12.8. The summed E-state index contributed by atoms with van der Waals surface area (Å²) >= 11 is 0. The topological polar surface area (TPSA) is 114 Å². The van der Waals surface area contributed by atoms with Crippen LogP contribution in [0.2, 0.25) is 0 Å². The van der Waals surface area contributed by atoms with Gasteiger partial charge in [0.25, 0.3) is 11.6 Å². The van der Waals surface area contributed by atoms with Gasteiger partial charge in [-0.05, 0) is 44.0 Å². The van der Waals surface area contributed by atoms with E-state index in [2.05, 4.69) is 10.3 Å². The fourth-order valence-corrected chi connectivity index (χ4v) is 3.39. The Morgan fingerprint density at radius 2 is 2.26 bits per heavy atom. The number of likely N-dealkylation sites (tertiary alicyclic amines) is 1. The third-order valence-corrected chi connectivity index (χ3v) is 4.85. The zero-order valence-electron chi connectivity index (χ0n) is 15.2. The van der Waals surface area contributed by atoms with Crippen LogP contribution in [0.5, 0.6) is 0 Å². The second-order valence-electron chi connectivity index (χ2n) is 6.64. The molecule has 1 amide bonds. The van der Waals surface area contributed by atoms with Gasteiger partial charge in [0, 0.05) is 37.0 Å². The molecule has 1 saturated heterocycles. The van der Waals surface area contributed by atoms with Gasteiger partial charge in [0.2, 0.25) is 0 Å². The zero-order chi connectivity index (χ0) is 19.4. The average molecular weight is 369 g/mol. The number of nitrogens with one attached hydrogen (secondary N) is 1. The van der Waals surface area contributed by atoms with Crippen LogP contribution in [0.4, 0.5) is 11.4 Å². The Labute approximate surface area is 157 Å². The number of nitrogens with zero attached hydrogens (tertiary/aromatic N) is 3. The van der Waals surface area contributed by atoms with E-state index in [1.165, 1.54) is 6.07 Å². The number of hydrogen-bond donors (Lipinski definition) is 2. The molecule has 0 spiro atoms. The van der Waals surface area contributed by atoms with Gasteiger partial charge in [0.15, 0.2) is 0 Å². The van der Waals surface area contributed by atoms with Crippen molar-refractivity contribution < 1.29 is 9.72 Å². The number of nitro benzene ring substituents is 1. The minimum absolute atomic E-state index is 0.00136. The van der Waals surface area contributed by atoms with Crippen LogP contribution in [-0.2, 0) is 0 Å². The first-order chi connectivity index (χ1) is 13.0. The number of benzene rings is 1. The van der Waals surface area contributed by atoms with Crippen LogP contribution in [0.1, 0.15) is 41.9 Å². The number of anilines is 1. The summed E-state index contributed by atoms with van der Waals surface area (Å²) in [5, 5.41) is 14.7. The minimum atomic E-state index is -0.478. The van der Waals surface area contributed by atoms with Crippen molar-refractivity contribution in [2.24, 2.45) is 5.73 Å². The van der Waals surface area contributed by atoms with E-state index in [9.17, 15) is 14.9 Å². The van der Waals surface area contributed by atoms with Crippen LogP contribution in [0.25, 0.3) is 0 Å². The third-order valence-electron chi connectivity index (χ3n) is 4.85. The Morgan fingerprint density at radius 3 is 2.93 bits per heavy atom. The molecule has 1 aliphatic heterocycles. The maximum Gasteiger partial charge on any atom is 0.293 e. The highest BCUT2D eigenvalue weighted by molar-refractivity contribution is 5.96. The van der Waals surface area contributed by atoms with E-state index in [1.54, 1.807) is 23.2 Å². The van der Waals surface area contributed by atoms with Crippen molar-refractivity contribution >= 4 is 17.3 Å². The number of hydrogen-bond acceptors (Lipinski definition) is 6. The quantitative estimate of drug-likeness (QED) is 0.598. The van der Waals surface area contributed by atoms with E-state index in [0.717, 1.165) is 18.5 Å². The maximum absolute atomic E-state index is 12.8. The lowest BCUT2D eigenvalue weighted by Gasteiger charge is -2.23. The highest BCUT2D eigenvalue weighted by atomic mass is 16.6. The summed E-state index contributed by atoms with van der Waals surface area (Å²) in [6, 6.07) is 9.84. The first-order valence-corrected chi connectivity index (χ1v) is 8.98. The highest BCUT2D eigenvalue weighted by Crippen LogP contribution is 2.30. The molecule has 3 N–H and O–H groups in total. The number of amides is 1. The average Bonchev–Trinajstić information content (AvgIpc) is 3.17. The Morgan fingerprint density at radius 1 is 1.44 bits per heavy atom. The van der Waals surface area contributed by atoms with Crippen molar-refractivity contribution in [1.29, 1.82) is 0 Å². The second kappa shape index (κ2) is 8.13. The number of carbonyl (C=O) groups is 1. The molecule has 8 nitrogen and oxygen atoms in total. The van der Waals surface area contributed by atoms with Crippen LogP contribution in [0, 0.1) is 10.1 Å². The molecule has 8 heteroatoms. The number of pyridine rings is 1. The Bertz CT molecular complexity index is 827. The van der Waals surface area contributed by atoms with Gasteiger partial charge in [-0.2, -0.15) is 0 Å². The fraction of sp³-hybridized carbons (Fsp3) is 0.368. The van der Waals surface area contributed by atoms with Crippen molar-refractivity contribution in [2.75, 3.05) is 18.4 Å². The Hall–Kier alpha value is -3.00. The molecular formula is C19H23N5O3. The van der Waals surface area contributed by atoms with Crippen LogP contribution in [0.15, 0.2) is 42.6 Å². The molecule has 0 bridgehead atoms. The lowest BCUT2D eigenvalue weighted by Crippen LogP contribution is -2.39. The van der Waals surface area contributed by atoms with Gasteiger partial charge in [-0.3, -0.25) is 19.9 Å². The van der Waals surface area contributed by atoms with Gasteiger partial charge in [0.05, 0.1) is 16.7 Å². The first-order valence-electron chi connectivity index (χ1n) is 8.98. The van der Waals surface area contributed by atoms with Gasteiger partial charge < -0.3 is 16.0 Å². The summed E-state index contributed by atoms with van der Waals surface area (Å²) in [5.74, 6) is -0.213. The van der Waals surface area contributed by atoms with Crippen molar-refractivity contribution in [3.63, 3.8) is 0 Å². The van der Waals surface area contributed by atoms with E-state index in [-0.39, 0.29) is 23.7 Å². The molecule has 3 rings (SSSR count). The summed E-state index contributed by atoms with van der Waals surface area (Å²) in [5.41, 5.74) is 7.03. The number of carbonyl (C=O) groups excluding carboxylic acids is 1. The molecule has 2 atom stereocenters. The molecule has 2 heterocycles. The summed E-state index contributed by atoms with van der Waals surface area (Å²) in [7, 11) is 0. The molecule has 0 saturated carbocycles. The number of rotatable bonds is 6. The largest absolute Gasteiger partial charge is 0.371 e. The van der Waals surface area contributed by atoms with Crippen LogP contribution >= 0.6 is 0 Å². The van der Waals surface area contributed by atoms with Crippen molar-refractivity contribution in [1.82, 2.24) is 9.88 Å². The molecule has 0 aliphatic carbocycles. The molecule has 142 valence electrons. The summed E-state index contributed by atoms with van der Waals surface area (Å²) in [6.07, 6.45) is 3.44. The van der Waals surface area contributed by atoms with Crippen LogP contribution < -0.4 is 11.1 Å². The van der Waals surface area contributed by atoms with E-state index in [1.807, 2.05) is 25.1 Å². The lowest BCUT2D eigenvalue weighted by atomic mass is 10.1. The molecule has 1 aromatic carbocycles. The molecule has 2 unspecified atom stereocenters. The third kappa shape index (κ3) is 4.06. The van der Waals surface area contributed by atoms with Gasteiger partial charge >= 0.3 is 0 Å². The van der Waals surface area contributed by atoms with Gasteiger partial charge in [-0.25, -0.2) is 0 Å². The molecule has 2 aromatic rings. The first kappa shape index (κ1) is 18.8. The molecule has 0 radical (unpaired) electrons. The number of nitro groups is 1. The zero-order valence-corrected chi connectivity index (χ0v) is 15.2. The molecular weight excluding hydrogens is 346 g/mol. The molecule has 1 aliphatic rings. The SMILES string of the molecule is CC(Nc1ccc(C(=O)N2CCCC2CN)cc1[N+](=O)[O-])c1ccccn1. The van der Waals surface area contributed by atoms with Crippen LogP contribution in [0.3, 0.4) is 0 Å². The lowest BCUT2D eigenvalue weighted by molar-refractivity contribution is -0.384. The minimum Gasteiger partial charge on any atom is -0.371 e. The highest BCUT2D eigenvalue weighted by Gasteiger charge is 2.29. The van der Waals surface area contributed by atoms with Gasteiger partial charge in [0.1, 0.15) is 5.69 Å². The van der Waals surface area contributed by atoms with Gasteiger partial charge in [-0.1, -0.05) is 6.07 Å². The number of nitrogens with two attached hydrogens (primary N) is 1. The summed E-state index contributed by atoms with van der Waals surface area (Å²) in [6.45, 7) is 2.90. The van der Waals surface area contributed by atoms with E-state index >= 15 is 0 Å². The molecule has 1 aromatic heterocycles. The Kier molecular flexibility index (Phi) is 5.66. The monoisotopic (exact) mass is 369 g/mol. The molecule has 27 heavy (non-hydrogen) atoms. The second-order valence-corrected chi connectivity index (χ2v) is 6.64. The summed E-state index contributed by atoms with van der Waals surface area (Å²) < 4.78 is 0. The number of aromatic nitrogens is 1. The normalized spacial score (nSPS) is 17.6. The smallest absolute Gasteiger partial charge is 0.293 e. The summed E-state index contributed by atoms with van der Waals surface area (Å²) in [4.78, 5) is 29.8.